The van der Waals surface area contributed by atoms with Crippen LogP contribution in [0, 0.1) is 11.3 Å². The first-order valence-corrected chi connectivity index (χ1v) is 5.78. The predicted molar refractivity (Wildman–Crippen MR) is 59.4 cm³/mol. The van der Waals surface area contributed by atoms with E-state index in [-0.39, 0.29) is 6.42 Å². The summed E-state index contributed by atoms with van der Waals surface area (Å²) in [5.74, 6) is -6.03. The first-order valence-electron chi connectivity index (χ1n) is 5.78. The van der Waals surface area contributed by atoms with Crippen LogP contribution >= 0.6 is 0 Å². The summed E-state index contributed by atoms with van der Waals surface area (Å²) in [4.78, 5) is 33.9. The van der Waals surface area contributed by atoms with Gasteiger partial charge in [0.25, 0.3) is 0 Å². The van der Waals surface area contributed by atoms with Gasteiger partial charge in [0, 0.05) is 19.3 Å². The summed E-state index contributed by atoms with van der Waals surface area (Å²) in [6, 6.07) is 0. The second kappa shape index (κ2) is 5.63. The molecule has 1 saturated carbocycles. The lowest BCUT2D eigenvalue weighted by molar-refractivity contribution is -0.178. The van der Waals surface area contributed by atoms with Gasteiger partial charge in [-0.25, -0.2) is 8.78 Å². The van der Waals surface area contributed by atoms with E-state index in [0.29, 0.717) is 6.29 Å². The number of hydrogen-bond acceptors (Lipinski definition) is 5. The summed E-state index contributed by atoms with van der Waals surface area (Å²) in [6.45, 7) is 0. The molecule has 0 amide bonds. The van der Waals surface area contributed by atoms with E-state index < -0.39 is 48.5 Å². The molecule has 0 N–H and O–H groups in total. The Kier molecular flexibility index (Phi) is 4.60. The molecule has 0 aromatic rings. The van der Waals surface area contributed by atoms with Crippen molar-refractivity contribution in [2.24, 2.45) is 11.3 Å². The minimum atomic E-state index is -3.21. The highest BCUT2D eigenvalue weighted by Crippen LogP contribution is 2.49. The van der Waals surface area contributed by atoms with Crippen LogP contribution in [0.25, 0.3) is 0 Å². The fraction of sp³-hybridized carbons (Fsp3) is 0.750. The maximum absolute atomic E-state index is 13.7. The van der Waals surface area contributed by atoms with Crippen molar-refractivity contribution < 1.29 is 32.6 Å². The quantitative estimate of drug-likeness (QED) is 0.573. The molecule has 0 spiro atoms. The van der Waals surface area contributed by atoms with Gasteiger partial charge in [-0.05, 0) is 6.42 Å². The number of halogens is 2. The van der Waals surface area contributed by atoms with Gasteiger partial charge in [-0.1, -0.05) is 0 Å². The van der Waals surface area contributed by atoms with Crippen LogP contribution in [-0.4, -0.2) is 38.4 Å². The van der Waals surface area contributed by atoms with Crippen molar-refractivity contribution in [3.05, 3.63) is 0 Å². The van der Waals surface area contributed by atoms with Gasteiger partial charge in [0.05, 0.1) is 25.6 Å². The molecule has 0 radical (unpaired) electrons. The van der Waals surface area contributed by atoms with Crippen molar-refractivity contribution >= 4 is 18.2 Å². The average Bonchev–Trinajstić information content (AvgIpc) is 2.35. The SMILES string of the molecule is COC(=O)[C@@H]1CC(F)(F)C[C@@](CC=O)(C(=O)OC)C1. The highest BCUT2D eigenvalue weighted by atomic mass is 19.3. The van der Waals surface area contributed by atoms with E-state index >= 15 is 0 Å². The highest BCUT2D eigenvalue weighted by Gasteiger charge is 2.55. The molecule has 5 nitrogen and oxygen atoms in total. The lowest BCUT2D eigenvalue weighted by Gasteiger charge is -2.40. The highest BCUT2D eigenvalue weighted by molar-refractivity contribution is 5.82. The lowest BCUT2D eigenvalue weighted by Crippen LogP contribution is -2.47. The second-order valence-electron chi connectivity index (χ2n) is 4.80. The van der Waals surface area contributed by atoms with Crippen LogP contribution < -0.4 is 0 Å². The third-order valence-corrected chi connectivity index (χ3v) is 3.41. The maximum Gasteiger partial charge on any atom is 0.312 e. The average molecular weight is 278 g/mol. The van der Waals surface area contributed by atoms with E-state index in [9.17, 15) is 23.2 Å². The van der Waals surface area contributed by atoms with E-state index in [0.717, 1.165) is 14.2 Å². The lowest BCUT2D eigenvalue weighted by atomic mass is 9.66. The van der Waals surface area contributed by atoms with Crippen LogP contribution in [0.4, 0.5) is 8.78 Å². The Balaban J connectivity index is 3.11. The number of ether oxygens (including phenoxy) is 2. The van der Waals surface area contributed by atoms with Gasteiger partial charge < -0.3 is 14.3 Å². The minimum absolute atomic E-state index is 0.166. The Hall–Kier alpha value is -1.53. The Morgan fingerprint density at radius 2 is 1.89 bits per heavy atom. The van der Waals surface area contributed by atoms with Crippen molar-refractivity contribution in [3.8, 4) is 0 Å². The van der Waals surface area contributed by atoms with Crippen LogP contribution in [0.15, 0.2) is 0 Å². The molecule has 7 heteroatoms. The van der Waals surface area contributed by atoms with Gasteiger partial charge in [0.15, 0.2) is 0 Å². The molecule has 108 valence electrons. The van der Waals surface area contributed by atoms with E-state index in [4.69, 9.17) is 0 Å². The number of esters is 2. The molecule has 0 unspecified atom stereocenters. The third kappa shape index (κ3) is 3.27. The fourth-order valence-corrected chi connectivity index (χ4v) is 2.65. The van der Waals surface area contributed by atoms with Crippen molar-refractivity contribution in [3.63, 3.8) is 0 Å². The minimum Gasteiger partial charge on any atom is -0.469 e. The van der Waals surface area contributed by atoms with Crippen LogP contribution in [0.2, 0.25) is 0 Å². The van der Waals surface area contributed by atoms with Gasteiger partial charge in [-0.15, -0.1) is 0 Å². The molecule has 2 atom stereocenters. The van der Waals surface area contributed by atoms with Crippen molar-refractivity contribution in [2.45, 2.75) is 31.6 Å². The Bertz CT molecular complexity index is 382. The van der Waals surface area contributed by atoms with Crippen LogP contribution in [0.5, 0.6) is 0 Å². The normalized spacial score (nSPS) is 29.4. The molecule has 1 aliphatic rings. The van der Waals surface area contributed by atoms with Crippen molar-refractivity contribution in [2.75, 3.05) is 14.2 Å². The second-order valence-corrected chi connectivity index (χ2v) is 4.80. The topological polar surface area (TPSA) is 69.7 Å². The summed E-state index contributed by atoms with van der Waals surface area (Å²) in [6.07, 6.45) is -1.65. The predicted octanol–water partition coefficient (Wildman–Crippen LogP) is 1.34. The number of rotatable bonds is 4. The molecule has 1 rings (SSSR count). The maximum atomic E-state index is 13.7. The molecule has 0 aromatic carbocycles. The molecule has 1 fully saturated rings. The van der Waals surface area contributed by atoms with E-state index in [1.54, 1.807) is 0 Å². The van der Waals surface area contributed by atoms with Gasteiger partial charge in [0.2, 0.25) is 5.92 Å². The Morgan fingerprint density at radius 3 is 2.37 bits per heavy atom. The third-order valence-electron chi connectivity index (χ3n) is 3.41. The zero-order valence-electron chi connectivity index (χ0n) is 10.8. The summed E-state index contributed by atoms with van der Waals surface area (Å²) >= 11 is 0. The first kappa shape index (κ1) is 15.5. The number of methoxy groups -OCH3 is 2. The summed E-state index contributed by atoms with van der Waals surface area (Å²) in [5.41, 5.74) is -1.66. The van der Waals surface area contributed by atoms with Gasteiger partial charge in [0.1, 0.15) is 6.29 Å². The van der Waals surface area contributed by atoms with E-state index in [1.807, 2.05) is 0 Å². The molecule has 0 heterocycles. The summed E-state index contributed by atoms with van der Waals surface area (Å²) < 4.78 is 36.4. The van der Waals surface area contributed by atoms with Crippen LogP contribution in [0.3, 0.4) is 0 Å². The molecule has 0 bridgehead atoms. The molecule has 19 heavy (non-hydrogen) atoms. The number of aldehydes is 1. The molecule has 0 aliphatic heterocycles. The molecular formula is C12H16F2O5. The van der Waals surface area contributed by atoms with E-state index in [1.165, 1.54) is 0 Å². The number of carbonyl (C=O) groups excluding carboxylic acids is 3. The van der Waals surface area contributed by atoms with Crippen molar-refractivity contribution in [1.82, 2.24) is 0 Å². The summed E-state index contributed by atoms with van der Waals surface area (Å²) in [5, 5.41) is 0. The smallest absolute Gasteiger partial charge is 0.312 e. The van der Waals surface area contributed by atoms with Crippen LogP contribution in [0.1, 0.15) is 25.7 Å². The number of alkyl halides is 2. The molecular weight excluding hydrogens is 262 g/mol. The van der Waals surface area contributed by atoms with Gasteiger partial charge in [-0.2, -0.15) is 0 Å². The number of hydrogen-bond donors (Lipinski definition) is 0. The largest absolute Gasteiger partial charge is 0.469 e. The molecule has 0 saturated heterocycles. The summed E-state index contributed by atoms with van der Waals surface area (Å²) in [7, 11) is 2.16. The Morgan fingerprint density at radius 1 is 1.26 bits per heavy atom. The zero-order chi connectivity index (χ0) is 14.7. The number of carbonyl (C=O) groups is 3. The monoisotopic (exact) mass is 278 g/mol. The fourth-order valence-electron chi connectivity index (χ4n) is 2.65. The van der Waals surface area contributed by atoms with Gasteiger partial charge >= 0.3 is 11.9 Å². The van der Waals surface area contributed by atoms with Crippen LogP contribution in [-0.2, 0) is 23.9 Å². The van der Waals surface area contributed by atoms with Gasteiger partial charge in [-0.3, -0.25) is 9.59 Å². The zero-order valence-corrected chi connectivity index (χ0v) is 10.8. The standard InChI is InChI=1S/C12H16F2O5/c1-18-9(16)8-5-11(3-4-15,10(17)19-2)7-12(13,14)6-8/h4,8H,3,5-7H2,1-2H3/t8-,11-/m0/s1. The van der Waals surface area contributed by atoms with Crippen molar-refractivity contribution in [1.29, 1.82) is 0 Å². The first-order chi connectivity index (χ1) is 8.80. The molecule has 0 aromatic heterocycles. The Labute approximate surface area is 109 Å². The van der Waals surface area contributed by atoms with E-state index in [2.05, 4.69) is 9.47 Å². The molecule has 1 aliphatic carbocycles.